The van der Waals surface area contributed by atoms with E-state index in [9.17, 15) is 8.42 Å². The molecule has 0 radical (unpaired) electrons. The molecule has 6 heteroatoms. The lowest BCUT2D eigenvalue weighted by Gasteiger charge is -2.34. The monoisotopic (exact) mass is 234 g/mol. The van der Waals surface area contributed by atoms with Crippen molar-refractivity contribution in [1.82, 2.24) is 4.72 Å². The van der Waals surface area contributed by atoms with Crippen molar-refractivity contribution in [2.24, 2.45) is 5.73 Å². The van der Waals surface area contributed by atoms with E-state index in [1.54, 1.807) is 0 Å². The van der Waals surface area contributed by atoms with Gasteiger partial charge < -0.3 is 10.5 Å². The van der Waals surface area contributed by atoms with Crippen molar-refractivity contribution in [3.05, 3.63) is 0 Å². The van der Waals surface area contributed by atoms with Crippen LogP contribution in [0, 0.1) is 0 Å². The SMILES string of the molecule is NC1CC(NS(=O)(=O)C2CCOCC2)C1. The number of rotatable bonds is 3. The van der Waals surface area contributed by atoms with E-state index in [4.69, 9.17) is 10.5 Å². The largest absolute Gasteiger partial charge is 0.381 e. The number of hydrogen-bond acceptors (Lipinski definition) is 4. The highest BCUT2D eigenvalue weighted by Gasteiger charge is 2.34. The first-order valence-electron chi connectivity index (χ1n) is 5.42. The van der Waals surface area contributed by atoms with Gasteiger partial charge in [0.1, 0.15) is 0 Å². The van der Waals surface area contributed by atoms with Crippen LogP contribution < -0.4 is 10.5 Å². The van der Waals surface area contributed by atoms with Crippen LogP contribution in [0.15, 0.2) is 0 Å². The van der Waals surface area contributed by atoms with Gasteiger partial charge in [-0.05, 0) is 25.7 Å². The predicted octanol–water partition coefficient (Wildman–Crippen LogP) is -0.425. The Kier molecular flexibility index (Phi) is 3.30. The fraction of sp³-hybridized carbons (Fsp3) is 1.00. The maximum atomic E-state index is 11.9. The van der Waals surface area contributed by atoms with E-state index in [1.165, 1.54) is 0 Å². The van der Waals surface area contributed by atoms with Gasteiger partial charge in [0.05, 0.1) is 5.25 Å². The third-order valence-corrected chi connectivity index (χ3v) is 5.12. The lowest BCUT2D eigenvalue weighted by Crippen LogP contribution is -2.52. The molecular formula is C9H18N2O3S. The zero-order valence-electron chi connectivity index (χ0n) is 8.69. The summed E-state index contributed by atoms with van der Waals surface area (Å²) in [4.78, 5) is 0. The number of nitrogens with two attached hydrogens (primary N) is 1. The van der Waals surface area contributed by atoms with E-state index in [0.717, 1.165) is 12.8 Å². The molecule has 2 fully saturated rings. The van der Waals surface area contributed by atoms with Gasteiger partial charge in [0, 0.05) is 25.3 Å². The van der Waals surface area contributed by atoms with Gasteiger partial charge in [-0.2, -0.15) is 0 Å². The van der Waals surface area contributed by atoms with Crippen molar-refractivity contribution in [1.29, 1.82) is 0 Å². The second-order valence-electron chi connectivity index (χ2n) is 4.40. The highest BCUT2D eigenvalue weighted by Crippen LogP contribution is 2.21. The molecule has 1 aliphatic carbocycles. The summed E-state index contributed by atoms with van der Waals surface area (Å²) in [6.07, 6.45) is 2.74. The van der Waals surface area contributed by atoms with Crippen LogP contribution >= 0.6 is 0 Å². The molecule has 0 unspecified atom stereocenters. The molecule has 0 amide bonds. The van der Waals surface area contributed by atoms with Crippen LogP contribution in [0.5, 0.6) is 0 Å². The summed E-state index contributed by atoms with van der Waals surface area (Å²) in [6.45, 7) is 1.10. The normalized spacial score (nSPS) is 33.7. The van der Waals surface area contributed by atoms with Gasteiger partial charge in [-0.3, -0.25) is 0 Å². The summed E-state index contributed by atoms with van der Waals surface area (Å²) in [7, 11) is -3.15. The smallest absolute Gasteiger partial charge is 0.214 e. The molecule has 2 aliphatic rings. The van der Waals surface area contributed by atoms with Gasteiger partial charge in [0.25, 0.3) is 0 Å². The molecule has 1 aliphatic heterocycles. The second-order valence-corrected chi connectivity index (χ2v) is 6.40. The molecule has 15 heavy (non-hydrogen) atoms. The van der Waals surface area contributed by atoms with Crippen LogP contribution in [0.25, 0.3) is 0 Å². The Hall–Kier alpha value is -0.170. The molecule has 3 N–H and O–H groups in total. The number of ether oxygens (including phenoxy) is 1. The molecule has 1 saturated heterocycles. The highest BCUT2D eigenvalue weighted by molar-refractivity contribution is 7.90. The maximum Gasteiger partial charge on any atom is 0.214 e. The van der Waals surface area contributed by atoms with Crippen LogP contribution in [0.1, 0.15) is 25.7 Å². The average Bonchev–Trinajstić information content (AvgIpc) is 2.17. The fourth-order valence-corrected chi connectivity index (χ4v) is 3.74. The molecule has 5 nitrogen and oxygen atoms in total. The lowest BCUT2D eigenvalue weighted by molar-refractivity contribution is 0.0979. The van der Waals surface area contributed by atoms with E-state index in [-0.39, 0.29) is 17.3 Å². The lowest BCUT2D eigenvalue weighted by atomic mass is 9.89. The van der Waals surface area contributed by atoms with Crippen molar-refractivity contribution < 1.29 is 13.2 Å². The number of nitrogens with one attached hydrogen (secondary N) is 1. The van der Waals surface area contributed by atoms with Crippen LogP contribution in [0.2, 0.25) is 0 Å². The summed E-state index contributed by atoms with van der Waals surface area (Å²) in [5.74, 6) is 0. The molecule has 0 aromatic carbocycles. The Morgan fingerprint density at radius 3 is 2.33 bits per heavy atom. The second kappa shape index (κ2) is 4.37. The maximum absolute atomic E-state index is 11.9. The van der Waals surface area contributed by atoms with Crippen molar-refractivity contribution in [2.75, 3.05) is 13.2 Å². The van der Waals surface area contributed by atoms with Gasteiger partial charge in [-0.1, -0.05) is 0 Å². The third-order valence-electron chi connectivity index (χ3n) is 3.11. The minimum Gasteiger partial charge on any atom is -0.381 e. The Morgan fingerprint density at radius 1 is 1.20 bits per heavy atom. The molecule has 1 saturated carbocycles. The standard InChI is InChI=1S/C9H18N2O3S/c10-7-5-8(6-7)11-15(12,13)9-1-3-14-4-2-9/h7-9,11H,1-6,10H2. The predicted molar refractivity (Wildman–Crippen MR) is 56.9 cm³/mol. The molecule has 0 bridgehead atoms. The summed E-state index contributed by atoms with van der Waals surface area (Å²) in [5.41, 5.74) is 5.61. The number of hydrogen-bond donors (Lipinski definition) is 2. The molecule has 0 spiro atoms. The van der Waals surface area contributed by atoms with E-state index in [0.29, 0.717) is 26.1 Å². The molecule has 2 rings (SSSR count). The molecule has 0 aromatic rings. The topological polar surface area (TPSA) is 81.4 Å². The average molecular weight is 234 g/mol. The van der Waals surface area contributed by atoms with Crippen LogP contribution in [0.3, 0.4) is 0 Å². The minimum atomic E-state index is -3.15. The van der Waals surface area contributed by atoms with E-state index < -0.39 is 10.0 Å². The summed E-state index contributed by atoms with van der Waals surface area (Å²) >= 11 is 0. The first kappa shape index (κ1) is 11.3. The summed E-state index contributed by atoms with van der Waals surface area (Å²) < 4.78 is 31.7. The van der Waals surface area contributed by atoms with E-state index in [2.05, 4.69) is 4.72 Å². The van der Waals surface area contributed by atoms with Crippen LogP contribution in [-0.2, 0) is 14.8 Å². The zero-order chi connectivity index (χ0) is 10.9. The Bertz CT molecular complexity index is 305. The minimum absolute atomic E-state index is 0.0628. The molecule has 0 atom stereocenters. The van der Waals surface area contributed by atoms with Crippen molar-refractivity contribution in [3.63, 3.8) is 0 Å². The molecule has 1 heterocycles. The van der Waals surface area contributed by atoms with Crippen molar-refractivity contribution >= 4 is 10.0 Å². The van der Waals surface area contributed by atoms with E-state index in [1.807, 2.05) is 0 Å². The first-order valence-corrected chi connectivity index (χ1v) is 6.97. The van der Waals surface area contributed by atoms with Crippen molar-refractivity contribution in [3.8, 4) is 0 Å². The molecular weight excluding hydrogens is 216 g/mol. The van der Waals surface area contributed by atoms with Crippen molar-refractivity contribution in [2.45, 2.75) is 43.0 Å². The van der Waals surface area contributed by atoms with Crippen LogP contribution in [0.4, 0.5) is 0 Å². The molecule has 88 valence electrons. The van der Waals surface area contributed by atoms with Gasteiger partial charge in [-0.15, -0.1) is 0 Å². The molecule has 0 aromatic heterocycles. The van der Waals surface area contributed by atoms with Gasteiger partial charge >= 0.3 is 0 Å². The van der Waals surface area contributed by atoms with Gasteiger partial charge in [0.15, 0.2) is 0 Å². The highest BCUT2D eigenvalue weighted by atomic mass is 32.2. The number of sulfonamides is 1. The first-order chi connectivity index (χ1) is 7.08. The fourth-order valence-electron chi connectivity index (χ4n) is 2.07. The quantitative estimate of drug-likeness (QED) is 0.694. The zero-order valence-corrected chi connectivity index (χ0v) is 9.50. The summed E-state index contributed by atoms with van der Waals surface area (Å²) in [5, 5.41) is -0.275. The third kappa shape index (κ3) is 2.69. The van der Waals surface area contributed by atoms with Gasteiger partial charge in [-0.25, -0.2) is 13.1 Å². The Morgan fingerprint density at radius 2 is 1.80 bits per heavy atom. The Labute approximate surface area is 90.4 Å². The summed E-state index contributed by atoms with van der Waals surface area (Å²) in [6, 6.07) is 0.236. The Balaban J connectivity index is 1.88. The van der Waals surface area contributed by atoms with Crippen LogP contribution in [-0.4, -0.2) is 39.0 Å². The van der Waals surface area contributed by atoms with E-state index >= 15 is 0 Å². The van der Waals surface area contributed by atoms with Gasteiger partial charge in [0.2, 0.25) is 10.0 Å².